The summed E-state index contributed by atoms with van der Waals surface area (Å²) in [5.41, 5.74) is 1.03. The van der Waals surface area contributed by atoms with E-state index in [1.807, 2.05) is 12.1 Å². The molecule has 2 N–H and O–H groups in total. The fourth-order valence-electron chi connectivity index (χ4n) is 1.69. The van der Waals surface area contributed by atoms with Crippen molar-refractivity contribution in [2.75, 3.05) is 19.3 Å². The van der Waals surface area contributed by atoms with Gasteiger partial charge in [0, 0.05) is 25.9 Å². The normalized spacial score (nSPS) is 15.7. The van der Waals surface area contributed by atoms with Gasteiger partial charge in [0.1, 0.15) is 0 Å². The lowest BCUT2D eigenvalue weighted by Gasteiger charge is -2.16. The molecular weight excluding hydrogens is 250 g/mol. The predicted octanol–water partition coefficient (Wildman–Crippen LogP) is 0.529. The number of nitrogens with one attached hydrogen (secondary N) is 2. The van der Waals surface area contributed by atoms with Gasteiger partial charge in [-0.3, -0.25) is 4.99 Å². The van der Waals surface area contributed by atoms with E-state index in [4.69, 9.17) is 0 Å². The average molecular weight is 267 g/mol. The molecule has 0 unspecified atom stereocenters. The molecule has 0 amide bonds. The van der Waals surface area contributed by atoms with Crippen LogP contribution in [0.4, 0.5) is 0 Å². The summed E-state index contributed by atoms with van der Waals surface area (Å²) in [5.74, 6) is 0.813. The molecule has 1 aliphatic heterocycles. The first kappa shape index (κ1) is 12.9. The van der Waals surface area contributed by atoms with Crippen LogP contribution in [0.1, 0.15) is 12.0 Å². The largest absolute Gasteiger partial charge is 0.356 e. The van der Waals surface area contributed by atoms with Crippen molar-refractivity contribution in [3.05, 3.63) is 29.8 Å². The lowest BCUT2D eigenvalue weighted by molar-refractivity contribution is 0.602. The second kappa shape index (κ2) is 5.39. The SMILES string of the molecule is CS(=O)(=O)c1ccc(CNC2=NCCCN2)cc1. The van der Waals surface area contributed by atoms with Crippen LogP contribution in [0.15, 0.2) is 34.2 Å². The Balaban J connectivity index is 1.96. The number of hydrogen-bond donors (Lipinski definition) is 2. The van der Waals surface area contributed by atoms with Gasteiger partial charge in [0.25, 0.3) is 0 Å². The quantitative estimate of drug-likeness (QED) is 0.838. The van der Waals surface area contributed by atoms with E-state index in [1.165, 1.54) is 6.26 Å². The first-order chi connectivity index (χ1) is 8.55. The van der Waals surface area contributed by atoms with Crippen molar-refractivity contribution in [3.63, 3.8) is 0 Å². The summed E-state index contributed by atoms with van der Waals surface area (Å²) in [5, 5.41) is 6.35. The molecule has 1 heterocycles. The minimum Gasteiger partial charge on any atom is -0.356 e. The molecule has 0 atom stereocenters. The van der Waals surface area contributed by atoms with E-state index in [2.05, 4.69) is 15.6 Å². The maximum atomic E-state index is 11.3. The zero-order valence-corrected chi connectivity index (χ0v) is 11.1. The van der Waals surface area contributed by atoms with Crippen LogP contribution in [0, 0.1) is 0 Å². The van der Waals surface area contributed by atoms with Crippen molar-refractivity contribution in [2.45, 2.75) is 17.9 Å². The highest BCUT2D eigenvalue weighted by atomic mass is 32.2. The van der Waals surface area contributed by atoms with E-state index >= 15 is 0 Å². The van der Waals surface area contributed by atoms with Gasteiger partial charge in [0.15, 0.2) is 15.8 Å². The molecule has 5 nitrogen and oxygen atoms in total. The Morgan fingerprint density at radius 2 is 2.06 bits per heavy atom. The molecule has 0 saturated carbocycles. The van der Waals surface area contributed by atoms with Crippen molar-refractivity contribution in [3.8, 4) is 0 Å². The van der Waals surface area contributed by atoms with Crippen molar-refractivity contribution >= 4 is 15.8 Å². The molecular formula is C12H17N3O2S. The molecule has 0 bridgehead atoms. The van der Waals surface area contributed by atoms with Crippen LogP contribution in [-0.2, 0) is 16.4 Å². The predicted molar refractivity (Wildman–Crippen MR) is 71.3 cm³/mol. The van der Waals surface area contributed by atoms with Gasteiger partial charge in [0.2, 0.25) is 0 Å². The van der Waals surface area contributed by atoms with Crippen molar-refractivity contribution in [2.24, 2.45) is 4.99 Å². The average Bonchev–Trinajstić information content (AvgIpc) is 2.37. The molecule has 18 heavy (non-hydrogen) atoms. The molecule has 0 radical (unpaired) electrons. The van der Waals surface area contributed by atoms with Crippen LogP contribution >= 0.6 is 0 Å². The highest BCUT2D eigenvalue weighted by molar-refractivity contribution is 7.90. The summed E-state index contributed by atoms with van der Waals surface area (Å²) in [7, 11) is -3.11. The summed E-state index contributed by atoms with van der Waals surface area (Å²) in [4.78, 5) is 4.65. The second-order valence-electron chi connectivity index (χ2n) is 4.28. The van der Waals surface area contributed by atoms with Crippen LogP contribution < -0.4 is 10.6 Å². The summed E-state index contributed by atoms with van der Waals surface area (Å²) in [6, 6.07) is 6.88. The molecule has 0 aliphatic carbocycles. The second-order valence-corrected chi connectivity index (χ2v) is 6.30. The Kier molecular flexibility index (Phi) is 3.86. The third-order valence-electron chi connectivity index (χ3n) is 2.71. The Morgan fingerprint density at radius 3 is 2.61 bits per heavy atom. The minimum absolute atomic E-state index is 0.347. The number of hydrogen-bond acceptors (Lipinski definition) is 5. The first-order valence-electron chi connectivity index (χ1n) is 5.87. The number of rotatable bonds is 3. The van der Waals surface area contributed by atoms with Gasteiger partial charge < -0.3 is 10.6 Å². The van der Waals surface area contributed by atoms with Crippen LogP contribution in [-0.4, -0.2) is 33.7 Å². The third-order valence-corrected chi connectivity index (χ3v) is 3.84. The molecule has 98 valence electrons. The molecule has 0 saturated heterocycles. The molecule has 2 rings (SSSR count). The number of sulfone groups is 1. The fourth-order valence-corrected chi connectivity index (χ4v) is 2.32. The van der Waals surface area contributed by atoms with Gasteiger partial charge in [-0.2, -0.15) is 0 Å². The summed E-state index contributed by atoms with van der Waals surface area (Å²) in [6.45, 7) is 2.43. The molecule has 6 heteroatoms. The van der Waals surface area contributed by atoms with Crippen LogP contribution in [0.3, 0.4) is 0 Å². The molecule has 0 fully saturated rings. The summed E-state index contributed by atoms with van der Waals surface area (Å²) >= 11 is 0. The van der Waals surface area contributed by atoms with Crippen LogP contribution in [0.2, 0.25) is 0 Å². The van der Waals surface area contributed by atoms with E-state index in [1.54, 1.807) is 12.1 Å². The van der Waals surface area contributed by atoms with Crippen molar-refractivity contribution in [1.82, 2.24) is 10.6 Å². The third kappa shape index (κ3) is 3.46. The van der Waals surface area contributed by atoms with Gasteiger partial charge >= 0.3 is 0 Å². The monoisotopic (exact) mass is 267 g/mol. The Bertz CT molecular complexity index is 535. The van der Waals surface area contributed by atoms with E-state index in [0.29, 0.717) is 11.4 Å². The number of aliphatic imine (C=N–C) groups is 1. The van der Waals surface area contributed by atoms with E-state index in [9.17, 15) is 8.42 Å². The van der Waals surface area contributed by atoms with E-state index in [0.717, 1.165) is 31.0 Å². The molecule has 1 aromatic rings. The number of nitrogens with zero attached hydrogens (tertiary/aromatic N) is 1. The minimum atomic E-state index is -3.11. The molecule has 1 aromatic carbocycles. The first-order valence-corrected chi connectivity index (χ1v) is 7.76. The smallest absolute Gasteiger partial charge is 0.191 e. The van der Waals surface area contributed by atoms with Gasteiger partial charge in [-0.05, 0) is 24.1 Å². The zero-order chi connectivity index (χ0) is 13.0. The molecule has 0 spiro atoms. The maximum absolute atomic E-state index is 11.3. The number of guanidine groups is 1. The van der Waals surface area contributed by atoms with Gasteiger partial charge in [-0.1, -0.05) is 12.1 Å². The van der Waals surface area contributed by atoms with E-state index in [-0.39, 0.29) is 0 Å². The topological polar surface area (TPSA) is 70.6 Å². The zero-order valence-electron chi connectivity index (χ0n) is 10.3. The summed E-state index contributed by atoms with van der Waals surface area (Å²) in [6.07, 6.45) is 2.27. The van der Waals surface area contributed by atoms with Crippen molar-refractivity contribution in [1.29, 1.82) is 0 Å². The lowest BCUT2D eigenvalue weighted by Crippen LogP contribution is -2.40. The maximum Gasteiger partial charge on any atom is 0.191 e. The Morgan fingerprint density at radius 1 is 1.33 bits per heavy atom. The fraction of sp³-hybridized carbons (Fsp3) is 0.417. The molecule has 1 aliphatic rings. The Hall–Kier alpha value is -1.56. The van der Waals surface area contributed by atoms with Crippen LogP contribution in [0.5, 0.6) is 0 Å². The van der Waals surface area contributed by atoms with Crippen molar-refractivity contribution < 1.29 is 8.42 Å². The highest BCUT2D eigenvalue weighted by Gasteiger charge is 2.07. The van der Waals surface area contributed by atoms with Gasteiger partial charge in [-0.25, -0.2) is 8.42 Å². The summed E-state index contributed by atoms with van der Waals surface area (Å²) < 4.78 is 22.6. The molecule has 0 aromatic heterocycles. The van der Waals surface area contributed by atoms with Gasteiger partial charge in [0.05, 0.1) is 4.90 Å². The van der Waals surface area contributed by atoms with E-state index < -0.39 is 9.84 Å². The number of benzene rings is 1. The Labute approximate surface area is 107 Å². The standard InChI is InChI=1S/C12H17N3O2S/c1-18(16,17)11-5-3-10(4-6-11)9-15-12-13-7-2-8-14-12/h3-6H,2,7-9H2,1H3,(H2,13,14,15). The highest BCUT2D eigenvalue weighted by Crippen LogP contribution is 2.10. The van der Waals surface area contributed by atoms with Crippen LogP contribution in [0.25, 0.3) is 0 Å². The lowest BCUT2D eigenvalue weighted by atomic mass is 10.2. The van der Waals surface area contributed by atoms with Gasteiger partial charge in [-0.15, -0.1) is 0 Å².